The zero-order valence-corrected chi connectivity index (χ0v) is 11.3. The lowest BCUT2D eigenvalue weighted by molar-refractivity contribution is 0.0382. The van der Waals surface area contributed by atoms with Crippen LogP contribution in [0.4, 0.5) is 0 Å². The number of hydrogen-bond acceptors (Lipinski definition) is 3. The third-order valence-corrected chi connectivity index (χ3v) is 3.41. The molecule has 1 N–H and O–H groups in total. The Labute approximate surface area is 110 Å². The zero-order chi connectivity index (χ0) is 12.6. The molecule has 1 aliphatic heterocycles. The van der Waals surface area contributed by atoms with E-state index in [-0.39, 0.29) is 0 Å². The Hall–Kier alpha value is -0.900. The van der Waals surface area contributed by atoms with Crippen molar-refractivity contribution < 1.29 is 4.74 Å². The van der Waals surface area contributed by atoms with Gasteiger partial charge in [-0.05, 0) is 18.9 Å². The second-order valence-corrected chi connectivity index (χ2v) is 5.00. The van der Waals surface area contributed by atoms with Crippen LogP contribution in [-0.2, 0) is 11.2 Å². The first-order chi connectivity index (χ1) is 8.84. The second-order valence-electron chi connectivity index (χ2n) is 5.00. The normalized spacial score (nSPS) is 18.7. The molecule has 100 valence electrons. The average Bonchev–Trinajstić information content (AvgIpc) is 2.41. The fraction of sp³-hybridized carbons (Fsp3) is 0.600. The highest BCUT2D eigenvalue weighted by Crippen LogP contribution is 2.02. The fourth-order valence-electron chi connectivity index (χ4n) is 2.33. The molecule has 1 aromatic rings. The molecule has 0 bridgehead atoms. The molecule has 1 aromatic carbocycles. The molecule has 0 unspecified atom stereocenters. The predicted molar refractivity (Wildman–Crippen MR) is 74.9 cm³/mol. The topological polar surface area (TPSA) is 24.5 Å². The Morgan fingerprint density at radius 3 is 2.67 bits per heavy atom. The van der Waals surface area contributed by atoms with Crippen molar-refractivity contribution >= 4 is 0 Å². The largest absolute Gasteiger partial charge is 0.379 e. The summed E-state index contributed by atoms with van der Waals surface area (Å²) in [7, 11) is 0. The highest BCUT2D eigenvalue weighted by Gasteiger charge is 2.10. The van der Waals surface area contributed by atoms with Gasteiger partial charge in [-0.1, -0.05) is 30.3 Å². The van der Waals surface area contributed by atoms with Crippen molar-refractivity contribution in [3.8, 4) is 0 Å². The van der Waals surface area contributed by atoms with E-state index in [0.29, 0.717) is 6.04 Å². The van der Waals surface area contributed by atoms with Crippen molar-refractivity contribution in [3.63, 3.8) is 0 Å². The van der Waals surface area contributed by atoms with Gasteiger partial charge in [-0.15, -0.1) is 0 Å². The van der Waals surface area contributed by atoms with E-state index in [1.807, 2.05) is 0 Å². The van der Waals surface area contributed by atoms with Crippen LogP contribution in [0.3, 0.4) is 0 Å². The molecule has 0 amide bonds. The van der Waals surface area contributed by atoms with Gasteiger partial charge in [-0.2, -0.15) is 0 Å². The van der Waals surface area contributed by atoms with Gasteiger partial charge in [0, 0.05) is 32.2 Å². The summed E-state index contributed by atoms with van der Waals surface area (Å²) in [6.07, 6.45) is 1.10. The molecule has 3 nitrogen and oxygen atoms in total. The number of nitrogens with zero attached hydrogens (tertiary/aromatic N) is 1. The van der Waals surface area contributed by atoms with Gasteiger partial charge in [-0.25, -0.2) is 0 Å². The van der Waals surface area contributed by atoms with E-state index >= 15 is 0 Å². The molecular formula is C15H24N2O. The summed E-state index contributed by atoms with van der Waals surface area (Å²) in [4.78, 5) is 2.46. The van der Waals surface area contributed by atoms with Crippen LogP contribution in [0.2, 0.25) is 0 Å². The monoisotopic (exact) mass is 248 g/mol. The van der Waals surface area contributed by atoms with Crippen molar-refractivity contribution in [2.45, 2.75) is 19.4 Å². The Morgan fingerprint density at radius 2 is 1.94 bits per heavy atom. The van der Waals surface area contributed by atoms with Gasteiger partial charge in [0.1, 0.15) is 0 Å². The van der Waals surface area contributed by atoms with Gasteiger partial charge in [0.25, 0.3) is 0 Å². The predicted octanol–water partition coefficient (Wildman–Crippen LogP) is 1.54. The minimum atomic E-state index is 0.536. The van der Waals surface area contributed by atoms with Gasteiger partial charge in [0.05, 0.1) is 13.2 Å². The van der Waals surface area contributed by atoms with Crippen LogP contribution < -0.4 is 5.32 Å². The maximum atomic E-state index is 5.34. The summed E-state index contributed by atoms with van der Waals surface area (Å²) >= 11 is 0. The summed E-state index contributed by atoms with van der Waals surface area (Å²) in [5.41, 5.74) is 1.41. The first-order valence-electron chi connectivity index (χ1n) is 6.92. The van der Waals surface area contributed by atoms with Crippen molar-refractivity contribution in [3.05, 3.63) is 35.9 Å². The Balaban J connectivity index is 1.61. The van der Waals surface area contributed by atoms with E-state index in [1.165, 1.54) is 5.56 Å². The lowest BCUT2D eigenvalue weighted by Gasteiger charge is -2.27. The highest BCUT2D eigenvalue weighted by molar-refractivity contribution is 5.15. The minimum Gasteiger partial charge on any atom is -0.379 e. The van der Waals surface area contributed by atoms with Crippen LogP contribution >= 0.6 is 0 Å². The second kappa shape index (κ2) is 7.52. The Bertz CT molecular complexity index is 323. The summed E-state index contributed by atoms with van der Waals surface area (Å²) in [6.45, 7) is 8.38. The molecule has 0 aliphatic carbocycles. The van der Waals surface area contributed by atoms with Crippen molar-refractivity contribution in [1.29, 1.82) is 0 Å². The van der Waals surface area contributed by atoms with Crippen LogP contribution in [0.1, 0.15) is 12.5 Å². The molecule has 1 saturated heterocycles. The van der Waals surface area contributed by atoms with Gasteiger partial charge in [-0.3, -0.25) is 4.90 Å². The lowest BCUT2D eigenvalue weighted by Crippen LogP contribution is -2.42. The van der Waals surface area contributed by atoms with Crippen molar-refractivity contribution in [2.75, 3.05) is 39.4 Å². The van der Waals surface area contributed by atoms with Gasteiger partial charge in [0.15, 0.2) is 0 Å². The maximum absolute atomic E-state index is 5.34. The van der Waals surface area contributed by atoms with Crippen LogP contribution in [0.25, 0.3) is 0 Å². The summed E-state index contributed by atoms with van der Waals surface area (Å²) in [5, 5.41) is 3.60. The quantitative estimate of drug-likeness (QED) is 0.826. The smallest absolute Gasteiger partial charge is 0.0594 e. The van der Waals surface area contributed by atoms with Crippen LogP contribution in [0.5, 0.6) is 0 Å². The van der Waals surface area contributed by atoms with Crippen molar-refractivity contribution in [1.82, 2.24) is 10.2 Å². The van der Waals surface area contributed by atoms with E-state index in [1.54, 1.807) is 0 Å². The van der Waals surface area contributed by atoms with E-state index < -0.39 is 0 Å². The maximum Gasteiger partial charge on any atom is 0.0594 e. The van der Waals surface area contributed by atoms with Crippen LogP contribution in [0.15, 0.2) is 30.3 Å². The molecule has 3 heteroatoms. The zero-order valence-electron chi connectivity index (χ0n) is 11.3. The molecule has 0 saturated carbocycles. The van der Waals surface area contributed by atoms with Gasteiger partial charge < -0.3 is 10.1 Å². The molecule has 18 heavy (non-hydrogen) atoms. The van der Waals surface area contributed by atoms with Gasteiger partial charge >= 0.3 is 0 Å². The Kier molecular flexibility index (Phi) is 5.65. The third kappa shape index (κ3) is 4.77. The summed E-state index contributed by atoms with van der Waals surface area (Å²) < 4.78 is 5.34. The number of benzene rings is 1. The first kappa shape index (κ1) is 13.5. The molecular weight excluding hydrogens is 224 g/mol. The van der Waals surface area contributed by atoms with E-state index in [2.05, 4.69) is 47.5 Å². The molecule has 1 atom stereocenters. The number of nitrogens with one attached hydrogen (secondary N) is 1. The third-order valence-electron chi connectivity index (χ3n) is 3.41. The average molecular weight is 248 g/mol. The number of hydrogen-bond donors (Lipinski definition) is 1. The minimum absolute atomic E-state index is 0.536. The molecule has 0 spiro atoms. The van der Waals surface area contributed by atoms with Crippen LogP contribution in [-0.4, -0.2) is 50.3 Å². The van der Waals surface area contributed by atoms with Crippen LogP contribution in [0, 0.1) is 0 Å². The standard InChI is InChI=1S/C15H24N2O/c1-14(13-15-5-3-2-4-6-15)16-7-8-17-9-11-18-12-10-17/h2-6,14,16H,7-13H2,1H3/t14-/m0/s1. The molecule has 0 aromatic heterocycles. The van der Waals surface area contributed by atoms with Gasteiger partial charge in [0.2, 0.25) is 0 Å². The van der Waals surface area contributed by atoms with E-state index in [0.717, 1.165) is 45.8 Å². The molecule has 1 fully saturated rings. The molecule has 1 heterocycles. The fourth-order valence-corrected chi connectivity index (χ4v) is 2.33. The number of rotatable bonds is 6. The number of ether oxygens (including phenoxy) is 1. The molecule has 1 aliphatic rings. The first-order valence-corrected chi connectivity index (χ1v) is 6.92. The Morgan fingerprint density at radius 1 is 1.22 bits per heavy atom. The summed E-state index contributed by atoms with van der Waals surface area (Å²) in [6, 6.07) is 11.2. The highest BCUT2D eigenvalue weighted by atomic mass is 16.5. The molecule has 0 radical (unpaired) electrons. The number of morpholine rings is 1. The summed E-state index contributed by atoms with van der Waals surface area (Å²) in [5.74, 6) is 0. The lowest BCUT2D eigenvalue weighted by atomic mass is 10.1. The van der Waals surface area contributed by atoms with Crippen molar-refractivity contribution in [2.24, 2.45) is 0 Å². The van der Waals surface area contributed by atoms with E-state index in [4.69, 9.17) is 4.74 Å². The SMILES string of the molecule is C[C@@H](Cc1ccccc1)NCCN1CCOCC1. The molecule has 2 rings (SSSR count). The van der Waals surface area contributed by atoms with E-state index in [9.17, 15) is 0 Å².